The topological polar surface area (TPSA) is 87.1 Å². The molecule has 3 N–H and O–H groups in total. The van der Waals surface area contributed by atoms with Gasteiger partial charge in [0, 0.05) is 54.9 Å². The van der Waals surface area contributed by atoms with Gasteiger partial charge in [0.1, 0.15) is 0 Å². The molecular weight excluding hydrogens is 450 g/mol. The van der Waals surface area contributed by atoms with Gasteiger partial charge in [-0.2, -0.15) is 0 Å². The zero-order valence-electron chi connectivity index (χ0n) is 20.8. The number of nitrogens with two attached hydrogens (primary N) is 1. The highest BCUT2D eigenvalue weighted by atomic mass is 16.3. The van der Waals surface area contributed by atoms with E-state index in [-0.39, 0.29) is 11.8 Å². The zero-order chi connectivity index (χ0) is 25.4. The maximum Gasteiger partial charge on any atom is 0.230 e. The van der Waals surface area contributed by atoms with Crippen molar-refractivity contribution in [3.05, 3.63) is 83.9 Å². The Hall–Kier alpha value is -4.10. The largest absolute Gasteiger partial charge is 0.494 e. The second-order valence-electron chi connectivity index (χ2n) is 9.45. The van der Waals surface area contributed by atoms with E-state index in [0.717, 1.165) is 30.9 Å². The van der Waals surface area contributed by atoms with Crippen LogP contribution in [0.25, 0.3) is 10.9 Å². The minimum absolute atomic E-state index is 0.145. The van der Waals surface area contributed by atoms with Crippen molar-refractivity contribution in [1.82, 2.24) is 9.47 Å². The molecule has 36 heavy (non-hydrogen) atoms. The van der Waals surface area contributed by atoms with Crippen LogP contribution >= 0.6 is 0 Å². The molecule has 5 rings (SSSR count). The summed E-state index contributed by atoms with van der Waals surface area (Å²) in [5.41, 5.74) is 10.9. The van der Waals surface area contributed by atoms with Gasteiger partial charge in [-0.05, 0) is 56.4 Å². The Morgan fingerprint density at radius 3 is 2.42 bits per heavy atom. The molecule has 4 aromatic rings. The van der Waals surface area contributed by atoms with E-state index < -0.39 is 0 Å². The normalized spacial score (nSPS) is 17.0. The van der Waals surface area contributed by atoms with E-state index in [1.165, 1.54) is 17.2 Å². The summed E-state index contributed by atoms with van der Waals surface area (Å²) in [7, 11) is 2.16. The molecule has 7 nitrogen and oxygen atoms in total. The van der Waals surface area contributed by atoms with Crippen LogP contribution in [0.5, 0.6) is 5.88 Å². The first-order valence-electron chi connectivity index (χ1n) is 12.2. The Bertz CT molecular complexity index is 1440. The zero-order valence-corrected chi connectivity index (χ0v) is 20.8. The number of carbonyl (C=O) groups is 1. The van der Waals surface area contributed by atoms with E-state index in [1.54, 1.807) is 12.1 Å². The van der Waals surface area contributed by atoms with Gasteiger partial charge in [0.2, 0.25) is 11.8 Å². The van der Waals surface area contributed by atoms with Crippen LogP contribution in [0.2, 0.25) is 0 Å². The molecule has 1 atom stereocenters. The number of nitrogen functional groups attached to an aromatic ring is 1. The third-order valence-corrected chi connectivity index (χ3v) is 6.98. The Morgan fingerprint density at radius 2 is 1.75 bits per heavy atom. The lowest BCUT2D eigenvalue weighted by Crippen LogP contribution is -2.50. The van der Waals surface area contributed by atoms with E-state index in [0.29, 0.717) is 33.9 Å². The number of hydrogen-bond donors (Lipinski definition) is 2. The fourth-order valence-corrected chi connectivity index (χ4v) is 4.85. The first-order valence-corrected chi connectivity index (χ1v) is 12.2. The standard InChI is InChI=1S/C29H31N5O2/c1-19-18-33(16-15-32(19)3)24-12-10-23(11-13-24)31-28(21-7-5-4-6-8-21)27-25-14-9-22(30)17-26(25)34(20(2)35)29(27)36/h4-14,17,19,36H,15-16,18,30H2,1-3H3/t19-/m0/s1. The van der Waals surface area contributed by atoms with E-state index in [2.05, 4.69) is 35.9 Å². The van der Waals surface area contributed by atoms with Crippen molar-refractivity contribution in [2.75, 3.05) is 37.3 Å². The lowest BCUT2D eigenvalue weighted by molar-refractivity contribution is 0.0933. The number of benzene rings is 3. The first-order chi connectivity index (χ1) is 17.3. The third-order valence-electron chi connectivity index (χ3n) is 6.98. The van der Waals surface area contributed by atoms with Crippen molar-refractivity contribution in [1.29, 1.82) is 0 Å². The molecule has 2 heterocycles. The van der Waals surface area contributed by atoms with Crippen LogP contribution in [0.3, 0.4) is 0 Å². The molecule has 0 saturated carbocycles. The van der Waals surface area contributed by atoms with Gasteiger partial charge in [-0.1, -0.05) is 30.3 Å². The second-order valence-corrected chi connectivity index (χ2v) is 9.45. The van der Waals surface area contributed by atoms with Crippen LogP contribution in [0.15, 0.2) is 77.8 Å². The number of likely N-dealkylation sites (N-methyl/N-ethyl adjacent to an activating group) is 1. The Balaban J connectivity index is 1.62. The molecule has 1 aliphatic heterocycles. The molecule has 1 aliphatic rings. The van der Waals surface area contributed by atoms with E-state index in [4.69, 9.17) is 10.7 Å². The average molecular weight is 482 g/mol. The van der Waals surface area contributed by atoms with E-state index >= 15 is 0 Å². The Kier molecular flexibility index (Phi) is 6.24. The van der Waals surface area contributed by atoms with Crippen LogP contribution < -0.4 is 10.6 Å². The summed E-state index contributed by atoms with van der Waals surface area (Å²) in [6.45, 7) is 6.66. The summed E-state index contributed by atoms with van der Waals surface area (Å²) in [5.74, 6) is -0.443. The smallest absolute Gasteiger partial charge is 0.230 e. The average Bonchev–Trinajstić information content (AvgIpc) is 3.16. The number of nitrogens with zero attached hydrogens (tertiary/aromatic N) is 4. The Morgan fingerprint density at radius 1 is 1.03 bits per heavy atom. The molecule has 7 heteroatoms. The quantitative estimate of drug-likeness (QED) is 0.320. The van der Waals surface area contributed by atoms with Gasteiger partial charge in [-0.3, -0.25) is 9.36 Å². The predicted octanol–water partition coefficient (Wildman–Crippen LogP) is 4.90. The van der Waals surface area contributed by atoms with Crippen molar-refractivity contribution in [2.45, 2.75) is 19.9 Å². The van der Waals surface area contributed by atoms with Gasteiger partial charge in [-0.15, -0.1) is 0 Å². The highest BCUT2D eigenvalue weighted by Gasteiger charge is 2.25. The lowest BCUT2D eigenvalue weighted by atomic mass is 10.0. The van der Waals surface area contributed by atoms with Crippen LogP contribution in [0.1, 0.15) is 29.8 Å². The molecule has 184 valence electrons. The number of rotatable bonds is 4. The van der Waals surface area contributed by atoms with Crippen LogP contribution in [-0.4, -0.2) is 58.9 Å². The fourth-order valence-electron chi connectivity index (χ4n) is 4.85. The van der Waals surface area contributed by atoms with E-state index in [1.807, 2.05) is 48.5 Å². The minimum Gasteiger partial charge on any atom is -0.494 e. The van der Waals surface area contributed by atoms with Crippen molar-refractivity contribution >= 4 is 39.6 Å². The summed E-state index contributed by atoms with van der Waals surface area (Å²) in [6, 6.07) is 23.7. The number of hydrogen-bond acceptors (Lipinski definition) is 6. The van der Waals surface area contributed by atoms with Crippen molar-refractivity contribution in [2.24, 2.45) is 4.99 Å². The van der Waals surface area contributed by atoms with E-state index in [9.17, 15) is 9.90 Å². The molecule has 0 aliphatic carbocycles. The molecular formula is C29H31N5O2. The van der Waals surface area contributed by atoms with Crippen LogP contribution in [0, 0.1) is 0 Å². The molecule has 0 radical (unpaired) electrons. The first kappa shape index (κ1) is 23.6. The molecule has 0 spiro atoms. The molecule has 0 amide bonds. The summed E-state index contributed by atoms with van der Waals surface area (Å²) < 4.78 is 1.29. The summed E-state index contributed by atoms with van der Waals surface area (Å²) >= 11 is 0. The maximum absolute atomic E-state index is 12.5. The highest BCUT2D eigenvalue weighted by Crippen LogP contribution is 2.36. The maximum atomic E-state index is 12.5. The predicted molar refractivity (Wildman–Crippen MR) is 147 cm³/mol. The molecule has 0 bridgehead atoms. The third kappa shape index (κ3) is 4.33. The van der Waals surface area contributed by atoms with Gasteiger partial charge >= 0.3 is 0 Å². The van der Waals surface area contributed by atoms with Gasteiger partial charge in [0.15, 0.2) is 0 Å². The lowest BCUT2D eigenvalue weighted by Gasteiger charge is -2.39. The number of anilines is 2. The van der Waals surface area contributed by atoms with Crippen molar-refractivity contribution < 1.29 is 9.90 Å². The number of aliphatic imine (C=N–C) groups is 1. The SMILES string of the molecule is CC(=O)n1c(O)c(C(=Nc2ccc(N3CCN(C)[C@@H](C)C3)cc2)c2ccccc2)c2ccc(N)cc21. The molecule has 0 unspecified atom stereocenters. The number of aromatic hydroxyl groups is 1. The molecule has 3 aromatic carbocycles. The highest BCUT2D eigenvalue weighted by molar-refractivity contribution is 6.23. The minimum atomic E-state index is -0.299. The molecule has 1 fully saturated rings. The van der Waals surface area contributed by atoms with Crippen molar-refractivity contribution in [3.8, 4) is 5.88 Å². The molecule has 1 aromatic heterocycles. The second kappa shape index (κ2) is 9.51. The number of carbonyl (C=O) groups excluding carboxylic acids is 1. The number of aromatic nitrogens is 1. The van der Waals surface area contributed by atoms with Crippen LogP contribution in [-0.2, 0) is 0 Å². The van der Waals surface area contributed by atoms with Gasteiger partial charge < -0.3 is 20.6 Å². The van der Waals surface area contributed by atoms with Gasteiger partial charge in [-0.25, -0.2) is 4.99 Å². The monoisotopic (exact) mass is 481 g/mol. The van der Waals surface area contributed by atoms with Gasteiger partial charge in [0.25, 0.3) is 0 Å². The summed E-state index contributed by atoms with van der Waals surface area (Å²) in [6.07, 6.45) is 0. The summed E-state index contributed by atoms with van der Waals surface area (Å²) in [4.78, 5) is 22.2. The Labute approximate surface area is 211 Å². The number of piperazine rings is 1. The van der Waals surface area contributed by atoms with Crippen molar-refractivity contribution in [3.63, 3.8) is 0 Å². The fraction of sp³-hybridized carbons (Fsp3) is 0.241. The van der Waals surface area contributed by atoms with Gasteiger partial charge in [0.05, 0.1) is 22.5 Å². The van der Waals surface area contributed by atoms with Crippen LogP contribution in [0.4, 0.5) is 17.1 Å². The number of fused-ring (bicyclic) bond motifs is 1. The molecule has 1 saturated heterocycles. The summed E-state index contributed by atoms with van der Waals surface area (Å²) in [5, 5.41) is 12.0.